The van der Waals surface area contributed by atoms with Crippen LogP contribution >= 0.6 is 0 Å². The highest BCUT2D eigenvalue weighted by molar-refractivity contribution is 5.86. The van der Waals surface area contributed by atoms with Crippen LogP contribution in [0.1, 0.15) is 18.1 Å². The highest BCUT2D eigenvalue weighted by Gasteiger charge is 2.12. The molecule has 7 nitrogen and oxygen atoms in total. The summed E-state index contributed by atoms with van der Waals surface area (Å²) < 4.78 is 0. The van der Waals surface area contributed by atoms with Crippen molar-refractivity contribution in [1.29, 1.82) is 0 Å². The Kier molecular flexibility index (Phi) is 5.62. The molecule has 1 atom stereocenters. The topological polar surface area (TPSA) is 96.6 Å². The zero-order valence-corrected chi connectivity index (χ0v) is 13.4. The van der Waals surface area contributed by atoms with Crippen LogP contribution in [0.3, 0.4) is 0 Å². The summed E-state index contributed by atoms with van der Waals surface area (Å²) in [5.41, 5.74) is 5.04. The number of hydrogen-bond acceptors (Lipinski definition) is 5. The maximum absolute atomic E-state index is 12.0. The number of carbonyl (C=O) groups is 1. The minimum atomic E-state index is -0.471. The minimum absolute atomic E-state index is 0.00670. The monoisotopic (exact) mass is 326 g/mol. The Morgan fingerprint density at radius 2 is 1.88 bits per heavy atom. The fraction of sp³-hybridized carbons (Fsp3) is 0.176. The molecular formula is C17H18N4O3. The van der Waals surface area contributed by atoms with Gasteiger partial charge in [0.1, 0.15) is 6.04 Å². The molecule has 124 valence electrons. The standard InChI is InChI=1S/C17H18N4O3/c1-12-5-3-4-6-16(12)19-13(2)17(22)20-18-11-14-7-9-15(10-8-14)21(23)24/h3-11,13,19H,1-2H3,(H,20,22). The zero-order valence-electron chi connectivity index (χ0n) is 13.4. The van der Waals surface area contributed by atoms with Gasteiger partial charge < -0.3 is 5.32 Å². The fourth-order valence-corrected chi connectivity index (χ4v) is 1.98. The highest BCUT2D eigenvalue weighted by atomic mass is 16.6. The van der Waals surface area contributed by atoms with Gasteiger partial charge in [-0.1, -0.05) is 18.2 Å². The van der Waals surface area contributed by atoms with Gasteiger partial charge in [0.15, 0.2) is 0 Å². The normalized spacial score (nSPS) is 11.9. The second-order valence-electron chi connectivity index (χ2n) is 5.26. The number of amides is 1. The molecule has 0 saturated carbocycles. The fourth-order valence-electron chi connectivity index (χ4n) is 1.98. The van der Waals surface area contributed by atoms with Crippen LogP contribution in [0.4, 0.5) is 11.4 Å². The molecule has 0 saturated heterocycles. The molecule has 1 unspecified atom stereocenters. The van der Waals surface area contributed by atoms with Crippen LogP contribution in [0, 0.1) is 17.0 Å². The van der Waals surface area contributed by atoms with Gasteiger partial charge in [0.05, 0.1) is 11.1 Å². The van der Waals surface area contributed by atoms with E-state index in [9.17, 15) is 14.9 Å². The second kappa shape index (κ2) is 7.87. The quantitative estimate of drug-likeness (QED) is 0.484. The van der Waals surface area contributed by atoms with Gasteiger partial charge in [0, 0.05) is 17.8 Å². The lowest BCUT2D eigenvalue weighted by Crippen LogP contribution is -2.35. The van der Waals surface area contributed by atoms with E-state index in [1.165, 1.54) is 18.3 Å². The lowest BCUT2D eigenvalue weighted by Gasteiger charge is -2.15. The van der Waals surface area contributed by atoms with Crippen molar-refractivity contribution >= 4 is 23.5 Å². The minimum Gasteiger partial charge on any atom is -0.374 e. The number of hydrogen-bond donors (Lipinski definition) is 2. The number of anilines is 1. The smallest absolute Gasteiger partial charge is 0.269 e. The Balaban J connectivity index is 1.89. The van der Waals surface area contributed by atoms with Crippen LogP contribution in [0.25, 0.3) is 0 Å². The highest BCUT2D eigenvalue weighted by Crippen LogP contribution is 2.14. The van der Waals surface area contributed by atoms with E-state index in [1.54, 1.807) is 19.1 Å². The lowest BCUT2D eigenvalue weighted by molar-refractivity contribution is -0.384. The number of para-hydroxylation sites is 1. The Labute approximate surface area is 139 Å². The van der Waals surface area contributed by atoms with Crippen molar-refractivity contribution < 1.29 is 9.72 Å². The maximum atomic E-state index is 12.0. The Morgan fingerprint density at radius 3 is 2.50 bits per heavy atom. The van der Waals surface area contributed by atoms with Gasteiger partial charge >= 0.3 is 0 Å². The number of non-ortho nitro benzene ring substituents is 1. The number of rotatable bonds is 6. The van der Waals surface area contributed by atoms with Gasteiger partial charge in [-0.05, 0) is 43.2 Å². The summed E-state index contributed by atoms with van der Waals surface area (Å²) in [5, 5.41) is 17.6. The Bertz CT molecular complexity index is 757. The Hall–Kier alpha value is -3.22. The van der Waals surface area contributed by atoms with E-state index >= 15 is 0 Å². The average Bonchev–Trinajstić information content (AvgIpc) is 2.57. The summed E-state index contributed by atoms with van der Waals surface area (Å²) in [6.45, 7) is 3.70. The van der Waals surface area contributed by atoms with Crippen LogP contribution in [0.2, 0.25) is 0 Å². The second-order valence-corrected chi connectivity index (χ2v) is 5.26. The first-order valence-corrected chi connectivity index (χ1v) is 7.37. The molecule has 0 aromatic heterocycles. The maximum Gasteiger partial charge on any atom is 0.269 e. The van der Waals surface area contributed by atoms with Gasteiger partial charge in [-0.3, -0.25) is 14.9 Å². The van der Waals surface area contributed by atoms with Gasteiger partial charge in [0.25, 0.3) is 11.6 Å². The lowest BCUT2D eigenvalue weighted by atomic mass is 10.2. The van der Waals surface area contributed by atoms with E-state index in [1.807, 2.05) is 31.2 Å². The van der Waals surface area contributed by atoms with Crippen LogP contribution < -0.4 is 10.7 Å². The van der Waals surface area contributed by atoms with E-state index in [-0.39, 0.29) is 11.6 Å². The molecule has 2 aromatic rings. The van der Waals surface area contributed by atoms with Crippen LogP contribution in [0.5, 0.6) is 0 Å². The van der Waals surface area contributed by atoms with E-state index in [4.69, 9.17) is 0 Å². The molecule has 0 fully saturated rings. The number of nitro groups is 1. The van der Waals surface area contributed by atoms with Crippen LogP contribution in [-0.2, 0) is 4.79 Å². The molecule has 0 spiro atoms. The summed E-state index contributed by atoms with van der Waals surface area (Å²) in [6, 6.07) is 13.1. The van der Waals surface area contributed by atoms with Crippen LogP contribution in [0.15, 0.2) is 53.6 Å². The summed E-state index contributed by atoms with van der Waals surface area (Å²) >= 11 is 0. The molecule has 1 amide bonds. The molecule has 2 rings (SSSR count). The van der Waals surface area contributed by atoms with Gasteiger partial charge in [-0.2, -0.15) is 5.10 Å². The molecule has 2 aromatic carbocycles. The summed E-state index contributed by atoms with van der Waals surface area (Å²) in [6.07, 6.45) is 1.43. The molecule has 0 bridgehead atoms. The van der Waals surface area contributed by atoms with E-state index in [0.29, 0.717) is 5.56 Å². The summed E-state index contributed by atoms with van der Waals surface area (Å²) in [5.74, 6) is -0.281. The third-order valence-corrected chi connectivity index (χ3v) is 3.40. The molecular weight excluding hydrogens is 308 g/mol. The molecule has 0 aliphatic rings. The van der Waals surface area contributed by atoms with Crippen molar-refractivity contribution in [1.82, 2.24) is 5.43 Å². The van der Waals surface area contributed by atoms with E-state index in [2.05, 4.69) is 15.8 Å². The van der Waals surface area contributed by atoms with Crippen LogP contribution in [-0.4, -0.2) is 23.1 Å². The van der Waals surface area contributed by atoms with Gasteiger partial charge in [-0.25, -0.2) is 5.43 Å². The molecule has 24 heavy (non-hydrogen) atoms. The van der Waals surface area contributed by atoms with E-state index < -0.39 is 11.0 Å². The van der Waals surface area contributed by atoms with Crippen molar-refractivity contribution in [2.75, 3.05) is 5.32 Å². The summed E-state index contributed by atoms with van der Waals surface area (Å²) in [4.78, 5) is 22.1. The number of nitrogens with zero attached hydrogens (tertiary/aromatic N) is 2. The average molecular weight is 326 g/mol. The van der Waals surface area contributed by atoms with Crippen molar-refractivity contribution in [3.8, 4) is 0 Å². The number of nitro benzene ring substituents is 1. The molecule has 0 aliphatic carbocycles. The van der Waals surface area contributed by atoms with E-state index in [0.717, 1.165) is 11.3 Å². The SMILES string of the molecule is Cc1ccccc1NC(C)C(=O)NN=Cc1ccc([N+](=O)[O-])cc1. The first-order chi connectivity index (χ1) is 11.5. The van der Waals surface area contributed by atoms with Crippen molar-refractivity contribution in [3.05, 3.63) is 69.8 Å². The number of hydrazone groups is 1. The third-order valence-electron chi connectivity index (χ3n) is 3.40. The molecule has 2 N–H and O–H groups in total. The molecule has 7 heteroatoms. The summed E-state index contributed by atoms with van der Waals surface area (Å²) in [7, 11) is 0. The van der Waals surface area contributed by atoms with Crippen molar-refractivity contribution in [3.63, 3.8) is 0 Å². The number of benzene rings is 2. The van der Waals surface area contributed by atoms with Gasteiger partial charge in [-0.15, -0.1) is 0 Å². The third kappa shape index (κ3) is 4.64. The molecule has 0 aliphatic heterocycles. The van der Waals surface area contributed by atoms with Crippen molar-refractivity contribution in [2.45, 2.75) is 19.9 Å². The Morgan fingerprint density at radius 1 is 1.21 bits per heavy atom. The number of nitrogens with one attached hydrogen (secondary N) is 2. The molecule has 0 radical (unpaired) electrons. The van der Waals surface area contributed by atoms with Crippen molar-refractivity contribution in [2.24, 2.45) is 5.10 Å². The number of carbonyl (C=O) groups excluding carboxylic acids is 1. The predicted molar refractivity (Wildman–Crippen MR) is 93.1 cm³/mol. The first kappa shape index (κ1) is 17.1. The largest absolute Gasteiger partial charge is 0.374 e. The predicted octanol–water partition coefficient (Wildman–Crippen LogP) is 2.85. The zero-order chi connectivity index (χ0) is 17.5. The first-order valence-electron chi connectivity index (χ1n) is 7.37. The number of aryl methyl sites for hydroxylation is 1. The molecule has 0 heterocycles. The van der Waals surface area contributed by atoms with Gasteiger partial charge in [0.2, 0.25) is 0 Å².